The summed E-state index contributed by atoms with van der Waals surface area (Å²) in [5, 5.41) is 0. The minimum Gasteiger partial charge on any atom is -0.497 e. The highest BCUT2D eigenvalue weighted by molar-refractivity contribution is 5.29. The lowest BCUT2D eigenvalue weighted by Gasteiger charge is -2.17. The van der Waals surface area contributed by atoms with Gasteiger partial charge in [-0.05, 0) is 43.0 Å². The molecule has 0 amide bonds. The van der Waals surface area contributed by atoms with Crippen molar-refractivity contribution in [1.82, 2.24) is 4.98 Å². The zero-order chi connectivity index (χ0) is 13.9. The summed E-state index contributed by atoms with van der Waals surface area (Å²) in [6.07, 6.45) is 3.76. The molecule has 0 spiro atoms. The molecule has 1 aliphatic carbocycles. The molecule has 0 aliphatic heterocycles. The maximum absolute atomic E-state index is 5.88. The van der Waals surface area contributed by atoms with E-state index in [1.165, 1.54) is 5.56 Å². The van der Waals surface area contributed by atoms with Crippen LogP contribution < -0.4 is 10.5 Å². The van der Waals surface area contributed by atoms with Crippen LogP contribution in [0, 0.1) is 5.92 Å². The summed E-state index contributed by atoms with van der Waals surface area (Å²) in [6, 6.07) is 8.01. The molecule has 1 heterocycles. The third-order valence-electron chi connectivity index (χ3n) is 3.93. The first kappa shape index (κ1) is 13.2. The molecule has 0 saturated heterocycles. The maximum Gasteiger partial charge on any atom is 0.199 e. The zero-order valence-corrected chi connectivity index (χ0v) is 11.8. The standard InChI is InChI=1S/C16H20N2O2/c1-19-13-5-2-11(3-6-13)9-16-18-14-8-12(10-17)4-7-15(14)20-16/h2-3,5-6,12H,4,7-10,17H2,1H3. The number of oxazole rings is 1. The fourth-order valence-electron chi connectivity index (χ4n) is 2.70. The molecular formula is C16H20N2O2. The number of hydrogen-bond acceptors (Lipinski definition) is 4. The molecule has 20 heavy (non-hydrogen) atoms. The number of rotatable bonds is 4. The number of fused-ring (bicyclic) bond motifs is 1. The predicted octanol–water partition coefficient (Wildman–Crippen LogP) is 2.34. The van der Waals surface area contributed by atoms with Crippen LogP contribution in [0.2, 0.25) is 0 Å². The van der Waals surface area contributed by atoms with Crippen LogP contribution in [-0.4, -0.2) is 18.6 Å². The van der Waals surface area contributed by atoms with Gasteiger partial charge >= 0.3 is 0 Å². The van der Waals surface area contributed by atoms with Gasteiger partial charge < -0.3 is 14.9 Å². The molecule has 1 aromatic carbocycles. The Morgan fingerprint density at radius 1 is 1.35 bits per heavy atom. The lowest BCUT2D eigenvalue weighted by molar-refractivity contribution is 0.399. The number of hydrogen-bond donors (Lipinski definition) is 1. The lowest BCUT2D eigenvalue weighted by Crippen LogP contribution is -2.21. The van der Waals surface area contributed by atoms with Crippen molar-refractivity contribution in [2.24, 2.45) is 11.7 Å². The van der Waals surface area contributed by atoms with E-state index in [0.29, 0.717) is 5.92 Å². The number of methoxy groups -OCH3 is 1. The Kier molecular flexibility index (Phi) is 3.74. The Morgan fingerprint density at radius 2 is 2.15 bits per heavy atom. The molecule has 2 aromatic rings. The predicted molar refractivity (Wildman–Crippen MR) is 76.9 cm³/mol. The van der Waals surface area contributed by atoms with Gasteiger partial charge in [-0.2, -0.15) is 0 Å². The number of nitrogens with zero attached hydrogens (tertiary/aromatic N) is 1. The summed E-state index contributed by atoms with van der Waals surface area (Å²) < 4.78 is 11.0. The molecule has 0 bridgehead atoms. The van der Waals surface area contributed by atoms with Gasteiger partial charge in [0.15, 0.2) is 5.89 Å². The number of aryl methyl sites for hydroxylation is 1. The van der Waals surface area contributed by atoms with E-state index in [2.05, 4.69) is 4.98 Å². The monoisotopic (exact) mass is 272 g/mol. The highest BCUT2D eigenvalue weighted by Gasteiger charge is 2.23. The first-order chi connectivity index (χ1) is 9.78. The van der Waals surface area contributed by atoms with Crippen molar-refractivity contribution >= 4 is 0 Å². The highest BCUT2D eigenvalue weighted by atomic mass is 16.5. The normalized spacial score (nSPS) is 17.8. The van der Waals surface area contributed by atoms with E-state index in [9.17, 15) is 0 Å². The van der Waals surface area contributed by atoms with Crippen molar-refractivity contribution < 1.29 is 9.15 Å². The van der Waals surface area contributed by atoms with Crippen molar-refractivity contribution in [2.75, 3.05) is 13.7 Å². The average molecular weight is 272 g/mol. The molecule has 1 aliphatic rings. The van der Waals surface area contributed by atoms with Gasteiger partial charge in [-0.15, -0.1) is 0 Å². The third-order valence-corrected chi connectivity index (χ3v) is 3.93. The van der Waals surface area contributed by atoms with E-state index in [1.54, 1.807) is 7.11 Å². The molecule has 1 unspecified atom stereocenters. The summed E-state index contributed by atoms with van der Waals surface area (Å²) in [6.45, 7) is 0.736. The van der Waals surface area contributed by atoms with Crippen LogP contribution in [0.25, 0.3) is 0 Å². The first-order valence-corrected chi connectivity index (χ1v) is 7.09. The Balaban J connectivity index is 1.73. The Bertz CT molecular complexity index is 575. The van der Waals surface area contributed by atoms with Gasteiger partial charge in [0.25, 0.3) is 0 Å². The average Bonchev–Trinajstić information content (AvgIpc) is 2.89. The van der Waals surface area contributed by atoms with Crippen LogP contribution in [0.3, 0.4) is 0 Å². The van der Waals surface area contributed by atoms with Gasteiger partial charge in [0.1, 0.15) is 11.5 Å². The maximum atomic E-state index is 5.88. The van der Waals surface area contributed by atoms with Crippen LogP contribution >= 0.6 is 0 Å². The second kappa shape index (κ2) is 5.67. The lowest BCUT2D eigenvalue weighted by atomic mass is 9.90. The van der Waals surface area contributed by atoms with E-state index in [-0.39, 0.29) is 0 Å². The van der Waals surface area contributed by atoms with Crippen molar-refractivity contribution in [3.63, 3.8) is 0 Å². The Labute approximate surface area is 119 Å². The zero-order valence-electron chi connectivity index (χ0n) is 11.8. The Hall–Kier alpha value is -1.81. The minimum absolute atomic E-state index is 0.557. The van der Waals surface area contributed by atoms with Gasteiger partial charge in [0.2, 0.25) is 0 Å². The molecule has 2 N–H and O–H groups in total. The molecule has 3 rings (SSSR count). The summed E-state index contributed by atoms with van der Waals surface area (Å²) >= 11 is 0. The second-order valence-corrected chi connectivity index (χ2v) is 5.35. The number of ether oxygens (including phenoxy) is 1. The van der Waals surface area contributed by atoms with Crippen LogP contribution in [0.15, 0.2) is 28.7 Å². The van der Waals surface area contributed by atoms with Gasteiger partial charge in [-0.1, -0.05) is 12.1 Å². The van der Waals surface area contributed by atoms with Crippen molar-refractivity contribution in [3.8, 4) is 5.75 Å². The van der Waals surface area contributed by atoms with E-state index < -0.39 is 0 Å². The fourth-order valence-corrected chi connectivity index (χ4v) is 2.70. The largest absolute Gasteiger partial charge is 0.497 e. The summed E-state index contributed by atoms with van der Waals surface area (Å²) in [5.74, 6) is 3.28. The quantitative estimate of drug-likeness (QED) is 0.928. The first-order valence-electron chi connectivity index (χ1n) is 7.09. The minimum atomic E-state index is 0.557. The van der Waals surface area contributed by atoms with E-state index in [4.69, 9.17) is 14.9 Å². The van der Waals surface area contributed by atoms with Crippen LogP contribution in [-0.2, 0) is 19.3 Å². The van der Waals surface area contributed by atoms with Crippen LogP contribution in [0.1, 0.15) is 29.3 Å². The second-order valence-electron chi connectivity index (χ2n) is 5.35. The fraction of sp³-hybridized carbons (Fsp3) is 0.438. The molecule has 0 radical (unpaired) electrons. The molecule has 106 valence electrons. The van der Waals surface area contributed by atoms with Gasteiger partial charge in [-0.3, -0.25) is 0 Å². The Morgan fingerprint density at radius 3 is 2.85 bits per heavy atom. The van der Waals surface area contributed by atoms with Crippen molar-refractivity contribution in [2.45, 2.75) is 25.7 Å². The molecule has 1 aromatic heterocycles. The number of nitrogens with two attached hydrogens (primary N) is 1. The number of benzene rings is 1. The number of aromatic nitrogens is 1. The summed E-state index contributed by atoms with van der Waals surface area (Å²) in [4.78, 5) is 4.63. The van der Waals surface area contributed by atoms with Gasteiger partial charge in [-0.25, -0.2) is 4.98 Å². The molecule has 1 atom stereocenters. The summed E-state index contributed by atoms with van der Waals surface area (Å²) in [7, 11) is 1.67. The van der Waals surface area contributed by atoms with E-state index >= 15 is 0 Å². The van der Waals surface area contributed by atoms with Crippen molar-refractivity contribution in [3.05, 3.63) is 47.2 Å². The van der Waals surface area contributed by atoms with Crippen LogP contribution in [0.5, 0.6) is 5.75 Å². The molecule has 0 saturated carbocycles. The highest BCUT2D eigenvalue weighted by Crippen LogP contribution is 2.26. The third kappa shape index (κ3) is 2.70. The molecule has 0 fully saturated rings. The van der Waals surface area contributed by atoms with Crippen molar-refractivity contribution in [1.29, 1.82) is 0 Å². The summed E-state index contributed by atoms with van der Waals surface area (Å²) in [5.41, 5.74) is 8.03. The van der Waals surface area contributed by atoms with E-state index in [1.807, 2.05) is 24.3 Å². The SMILES string of the molecule is COc1ccc(Cc2nc3c(o2)CCC(CN)C3)cc1. The molecule has 4 nitrogen and oxygen atoms in total. The molecule has 4 heteroatoms. The molecular weight excluding hydrogens is 252 g/mol. The van der Waals surface area contributed by atoms with Crippen LogP contribution in [0.4, 0.5) is 0 Å². The van der Waals surface area contributed by atoms with E-state index in [0.717, 1.165) is 55.3 Å². The van der Waals surface area contributed by atoms with Gasteiger partial charge in [0, 0.05) is 12.8 Å². The van der Waals surface area contributed by atoms with Gasteiger partial charge in [0.05, 0.1) is 12.8 Å². The topological polar surface area (TPSA) is 61.3 Å². The smallest absolute Gasteiger partial charge is 0.199 e.